The van der Waals surface area contributed by atoms with Gasteiger partial charge in [-0.1, -0.05) is 23.7 Å². The first-order valence-electron chi connectivity index (χ1n) is 6.70. The van der Waals surface area contributed by atoms with E-state index >= 15 is 0 Å². The van der Waals surface area contributed by atoms with E-state index in [1.807, 2.05) is 0 Å². The van der Waals surface area contributed by atoms with Crippen molar-refractivity contribution in [3.05, 3.63) is 47.0 Å². The van der Waals surface area contributed by atoms with Crippen molar-refractivity contribution in [2.75, 3.05) is 18.9 Å². The fourth-order valence-electron chi connectivity index (χ4n) is 2.08. The van der Waals surface area contributed by atoms with E-state index in [-0.39, 0.29) is 22.2 Å². The van der Waals surface area contributed by atoms with Crippen LogP contribution in [0, 0.1) is 0 Å². The van der Waals surface area contributed by atoms with Gasteiger partial charge < -0.3 is 9.47 Å². The minimum Gasteiger partial charge on any atom is -0.495 e. The molecule has 2 rings (SSSR count). The van der Waals surface area contributed by atoms with E-state index in [4.69, 9.17) is 21.1 Å². The average Bonchev–Trinajstić information content (AvgIpc) is 2.55. The number of alkyl halides is 3. The van der Waals surface area contributed by atoms with E-state index in [9.17, 15) is 21.6 Å². The molecular formula is C15H13ClF3NO4S. The summed E-state index contributed by atoms with van der Waals surface area (Å²) in [6.45, 7) is 0. The van der Waals surface area contributed by atoms with E-state index in [1.54, 1.807) is 0 Å². The number of sulfonamides is 1. The molecule has 0 aliphatic rings. The molecule has 0 aromatic heterocycles. The van der Waals surface area contributed by atoms with Crippen LogP contribution in [-0.4, -0.2) is 22.6 Å². The Bertz CT molecular complexity index is 885. The van der Waals surface area contributed by atoms with Crippen molar-refractivity contribution in [3.8, 4) is 11.5 Å². The molecule has 2 aromatic carbocycles. The predicted molar refractivity (Wildman–Crippen MR) is 86.8 cm³/mol. The van der Waals surface area contributed by atoms with Crippen LogP contribution < -0.4 is 14.2 Å². The standard InChI is InChI=1S/C15H13ClF3NO4S/c1-23-12-8-11(13(24-2)7-10(12)16)20-25(21,22)14-6-4-3-5-9(14)15(17,18)19/h3-8,20H,1-2H3. The molecule has 0 aliphatic heterocycles. The van der Waals surface area contributed by atoms with Crippen molar-refractivity contribution in [1.29, 1.82) is 0 Å². The molecule has 0 radical (unpaired) electrons. The summed E-state index contributed by atoms with van der Waals surface area (Å²) in [5.74, 6) is 0.156. The SMILES string of the molecule is COc1cc(NS(=O)(=O)c2ccccc2C(F)(F)F)c(OC)cc1Cl. The van der Waals surface area contributed by atoms with Crippen molar-refractivity contribution in [3.63, 3.8) is 0 Å². The smallest absolute Gasteiger partial charge is 0.417 e. The average molecular weight is 396 g/mol. The molecule has 0 aliphatic carbocycles. The number of anilines is 1. The van der Waals surface area contributed by atoms with Gasteiger partial charge in [-0.15, -0.1) is 0 Å². The Morgan fingerprint density at radius 2 is 1.64 bits per heavy atom. The molecule has 0 saturated heterocycles. The van der Waals surface area contributed by atoms with Gasteiger partial charge in [-0.3, -0.25) is 4.72 Å². The van der Waals surface area contributed by atoms with Gasteiger partial charge in [-0.2, -0.15) is 13.2 Å². The van der Waals surface area contributed by atoms with E-state index in [0.717, 1.165) is 12.1 Å². The monoisotopic (exact) mass is 395 g/mol. The van der Waals surface area contributed by atoms with Crippen LogP contribution in [0.25, 0.3) is 0 Å². The third kappa shape index (κ3) is 4.10. The molecule has 1 N–H and O–H groups in total. The summed E-state index contributed by atoms with van der Waals surface area (Å²) in [4.78, 5) is -0.904. The van der Waals surface area contributed by atoms with Gasteiger partial charge in [-0.25, -0.2) is 8.42 Å². The summed E-state index contributed by atoms with van der Waals surface area (Å²) in [6.07, 6.45) is -4.83. The Hall–Kier alpha value is -2.13. The number of ether oxygens (including phenoxy) is 2. The molecule has 0 atom stereocenters. The number of benzene rings is 2. The Labute approximate surface area is 147 Å². The Balaban J connectivity index is 2.54. The Morgan fingerprint density at radius 3 is 2.20 bits per heavy atom. The fraction of sp³-hybridized carbons (Fsp3) is 0.200. The highest BCUT2D eigenvalue weighted by Gasteiger charge is 2.37. The zero-order valence-corrected chi connectivity index (χ0v) is 14.6. The lowest BCUT2D eigenvalue weighted by Crippen LogP contribution is -2.19. The summed E-state index contributed by atoms with van der Waals surface area (Å²) in [7, 11) is -1.97. The molecule has 10 heteroatoms. The van der Waals surface area contributed by atoms with Gasteiger partial charge in [0.1, 0.15) is 11.5 Å². The molecule has 5 nitrogen and oxygen atoms in total. The normalized spacial score (nSPS) is 11.9. The first-order chi connectivity index (χ1) is 11.6. The third-order valence-corrected chi connectivity index (χ3v) is 4.92. The Morgan fingerprint density at radius 1 is 1.04 bits per heavy atom. The van der Waals surface area contributed by atoms with E-state index < -0.39 is 26.7 Å². The van der Waals surface area contributed by atoms with Crippen molar-refractivity contribution < 1.29 is 31.1 Å². The lowest BCUT2D eigenvalue weighted by molar-refractivity contribution is -0.139. The van der Waals surface area contributed by atoms with Crippen LogP contribution in [0.5, 0.6) is 11.5 Å². The highest BCUT2D eigenvalue weighted by Crippen LogP contribution is 2.38. The molecule has 136 valence electrons. The number of methoxy groups -OCH3 is 2. The first-order valence-corrected chi connectivity index (χ1v) is 8.57. The second kappa shape index (κ2) is 7.01. The molecule has 2 aromatic rings. The van der Waals surface area contributed by atoms with Crippen LogP contribution in [0.3, 0.4) is 0 Å². The van der Waals surface area contributed by atoms with Gasteiger partial charge >= 0.3 is 6.18 Å². The lowest BCUT2D eigenvalue weighted by atomic mass is 10.2. The maximum Gasteiger partial charge on any atom is 0.417 e. The molecule has 0 fully saturated rings. The summed E-state index contributed by atoms with van der Waals surface area (Å²) in [6, 6.07) is 6.36. The summed E-state index contributed by atoms with van der Waals surface area (Å²) in [5.41, 5.74) is -1.39. The number of rotatable bonds is 5. The topological polar surface area (TPSA) is 64.6 Å². The van der Waals surface area contributed by atoms with Crippen molar-refractivity contribution in [2.45, 2.75) is 11.1 Å². The molecule has 0 bridgehead atoms. The van der Waals surface area contributed by atoms with Crippen LogP contribution in [-0.2, 0) is 16.2 Å². The fourth-order valence-corrected chi connectivity index (χ4v) is 3.60. The maximum absolute atomic E-state index is 13.1. The van der Waals surface area contributed by atoms with Crippen molar-refractivity contribution in [1.82, 2.24) is 0 Å². The first kappa shape index (κ1) is 19.2. The molecule has 0 saturated carbocycles. The van der Waals surface area contributed by atoms with Gasteiger partial charge in [0.05, 0.1) is 35.4 Å². The van der Waals surface area contributed by atoms with Crippen LogP contribution in [0.4, 0.5) is 18.9 Å². The molecule has 0 heterocycles. The van der Waals surface area contributed by atoms with Crippen LogP contribution in [0.2, 0.25) is 5.02 Å². The number of hydrogen-bond acceptors (Lipinski definition) is 4. The molecule has 25 heavy (non-hydrogen) atoms. The van der Waals surface area contributed by atoms with Crippen LogP contribution in [0.1, 0.15) is 5.56 Å². The van der Waals surface area contributed by atoms with E-state index in [1.165, 1.54) is 32.4 Å². The van der Waals surface area contributed by atoms with Crippen molar-refractivity contribution >= 4 is 27.3 Å². The van der Waals surface area contributed by atoms with Crippen LogP contribution >= 0.6 is 11.6 Å². The highest BCUT2D eigenvalue weighted by molar-refractivity contribution is 7.92. The van der Waals surface area contributed by atoms with Gasteiger partial charge in [0, 0.05) is 12.1 Å². The quantitative estimate of drug-likeness (QED) is 0.825. The second-order valence-corrected chi connectivity index (χ2v) is 6.84. The zero-order valence-electron chi connectivity index (χ0n) is 13.0. The zero-order chi connectivity index (χ0) is 18.8. The molecule has 0 spiro atoms. The second-order valence-electron chi connectivity index (χ2n) is 4.79. The maximum atomic E-state index is 13.1. The van der Waals surface area contributed by atoms with Gasteiger partial charge in [0.2, 0.25) is 0 Å². The van der Waals surface area contributed by atoms with Gasteiger partial charge in [0.25, 0.3) is 10.0 Å². The minimum absolute atomic E-state index is 0.0267. The van der Waals surface area contributed by atoms with Crippen molar-refractivity contribution in [2.24, 2.45) is 0 Å². The number of halogens is 4. The van der Waals surface area contributed by atoms with Gasteiger partial charge in [0.15, 0.2) is 0 Å². The number of hydrogen-bond donors (Lipinski definition) is 1. The third-order valence-electron chi connectivity index (χ3n) is 3.20. The predicted octanol–water partition coefficient (Wildman–Crippen LogP) is 4.18. The highest BCUT2D eigenvalue weighted by atomic mass is 35.5. The summed E-state index contributed by atoms with van der Waals surface area (Å²) in [5, 5.41) is 0.151. The van der Waals surface area contributed by atoms with Crippen LogP contribution in [0.15, 0.2) is 41.3 Å². The summed E-state index contributed by atoms with van der Waals surface area (Å²) < 4.78 is 76.3. The molecular weight excluding hydrogens is 383 g/mol. The lowest BCUT2D eigenvalue weighted by Gasteiger charge is -2.16. The van der Waals surface area contributed by atoms with E-state index in [0.29, 0.717) is 6.07 Å². The summed E-state index contributed by atoms with van der Waals surface area (Å²) >= 11 is 5.92. The molecule has 0 unspecified atom stereocenters. The molecule has 0 amide bonds. The Kier molecular flexibility index (Phi) is 5.38. The number of nitrogens with one attached hydrogen (secondary N) is 1. The van der Waals surface area contributed by atoms with E-state index in [2.05, 4.69) is 4.72 Å². The van der Waals surface area contributed by atoms with Gasteiger partial charge in [-0.05, 0) is 12.1 Å². The largest absolute Gasteiger partial charge is 0.495 e. The minimum atomic E-state index is -4.83.